The number of hydrogen-bond donors (Lipinski definition) is 1. The average Bonchev–Trinajstić information content (AvgIpc) is 2.48. The lowest BCUT2D eigenvalue weighted by Gasteiger charge is -2.26. The summed E-state index contributed by atoms with van der Waals surface area (Å²) >= 11 is 0. The Morgan fingerprint density at radius 1 is 1.39 bits per heavy atom. The quantitative estimate of drug-likeness (QED) is 0.204. The van der Waals surface area contributed by atoms with Crippen molar-refractivity contribution in [2.75, 3.05) is 6.54 Å². The number of hydrogen-bond acceptors (Lipinski definition) is 6. The maximum atomic E-state index is 11.3. The molecule has 0 aliphatic rings. The van der Waals surface area contributed by atoms with Crippen molar-refractivity contribution in [1.29, 1.82) is 0 Å². The number of azide groups is 1. The van der Waals surface area contributed by atoms with Crippen LogP contribution in [0, 0.1) is 10.1 Å². The molecule has 0 bridgehead atoms. The third-order valence-electron chi connectivity index (χ3n) is 2.82. The van der Waals surface area contributed by atoms with Crippen LogP contribution in [0.2, 0.25) is 0 Å². The van der Waals surface area contributed by atoms with Crippen molar-refractivity contribution in [3.8, 4) is 0 Å². The Morgan fingerprint density at radius 2 is 2.00 bits per heavy atom. The number of esters is 1. The lowest BCUT2D eigenvalue weighted by Crippen LogP contribution is -2.41. The number of nitrogens with zero attached hydrogens (tertiary/aromatic N) is 4. The number of ether oxygens (including phenoxy) is 1. The summed E-state index contributed by atoms with van der Waals surface area (Å²) in [4.78, 5) is 35.4. The first-order chi connectivity index (χ1) is 10.8. The predicted octanol–water partition coefficient (Wildman–Crippen LogP) is 2.01. The maximum Gasteiger partial charge on any atom is 0.303 e. The Kier molecular flexibility index (Phi) is 6.50. The van der Waals surface area contributed by atoms with Gasteiger partial charge in [-0.3, -0.25) is 19.7 Å². The molecule has 0 saturated carbocycles. The Balaban J connectivity index is 3.17. The fraction of sp³-hybridized carbons (Fsp3) is 0.385. The van der Waals surface area contributed by atoms with Crippen molar-refractivity contribution < 1.29 is 19.2 Å². The van der Waals surface area contributed by atoms with E-state index in [-0.39, 0.29) is 12.2 Å². The van der Waals surface area contributed by atoms with Gasteiger partial charge in [-0.15, -0.1) is 0 Å². The Morgan fingerprint density at radius 3 is 2.43 bits per heavy atom. The van der Waals surface area contributed by atoms with E-state index in [4.69, 9.17) is 10.3 Å². The molecule has 0 spiro atoms. The summed E-state index contributed by atoms with van der Waals surface area (Å²) in [6.45, 7) is 2.31. The number of amides is 1. The molecule has 1 rings (SSSR count). The van der Waals surface area contributed by atoms with Gasteiger partial charge in [0.15, 0.2) is 0 Å². The number of nitro groups is 1. The second-order valence-corrected chi connectivity index (χ2v) is 4.60. The second kappa shape index (κ2) is 8.35. The van der Waals surface area contributed by atoms with Gasteiger partial charge in [0.25, 0.3) is 5.69 Å². The van der Waals surface area contributed by atoms with Gasteiger partial charge in [0, 0.05) is 30.9 Å². The molecule has 0 heterocycles. The van der Waals surface area contributed by atoms with E-state index in [1.807, 2.05) is 0 Å². The molecule has 122 valence electrons. The van der Waals surface area contributed by atoms with Crippen LogP contribution >= 0.6 is 0 Å². The molecule has 0 aliphatic heterocycles. The van der Waals surface area contributed by atoms with Crippen LogP contribution in [0.15, 0.2) is 29.4 Å². The Hall–Kier alpha value is -3.13. The molecule has 2 atom stereocenters. The molecule has 0 aromatic heterocycles. The van der Waals surface area contributed by atoms with Gasteiger partial charge in [0.1, 0.15) is 6.10 Å². The van der Waals surface area contributed by atoms with Crippen molar-refractivity contribution in [3.05, 3.63) is 50.4 Å². The van der Waals surface area contributed by atoms with Gasteiger partial charge in [-0.05, 0) is 23.2 Å². The highest BCUT2D eigenvalue weighted by Crippen LogP contribution is 2.24. The summed E-state index contributed by atoms with van der Waals surface area (Å²) in [6, 6.07) is 4.54. The maximum absolute atomic E-state index is 11.3. The zero-order valence-corrected chi connectivity index (χ0v) is 12.5. The number of carbonyl (C=O) groups excluding carboxylic acids is 2. The third kappa shape index (κ3) is 5.64. The van der Waals surface area contributed by atoms with E-state index in [1.165, 1.54) is 38.1 Å². The minimum Gasteiger partial charge on any atom is -0.455 e. The second-order valence-electron chi connectivity index (χ2n) is 4.60. The van der Waals surface area contributed by atoms with Crippen molar-refractivity contribution in [2.24, 2.45) is 5.11 Å². The molecule has 0 saturated heterocycles. The molecule has 10 heteroatoms. The van der Waals surface area contributed by atoms with Gasteiger partial charge >= 0.3 is 5.97 Å². The molecular formula is C13H15N5O5. The predicted molar refractivity (Wildman–Crippen MR) is 79.2 cm³/mol. The van der Waals surface area contributed by atoms with Crippen LogP contribution in [0.25, 0.3) is 10.4 Å². The first kappa shape index (κ1) is 17.9. The molecule has 10 nitrogen and oxygen atoms in total. The number of carbonyl (C=O) groups is 2. The highest BCUT2D eigenvalue weighted by atomic mass is 16.6. The zero-order valence-electron chi connectivity index (χ0n) is 12.5. The van der Waals surface area contributed by atoms with Crippen LogP contribution in [0.3, 0.4) is 0 Å². The molecular weight excluding hydrogens is 306 g/mol. The third-order valence-corrected chi connectivity index (χ3v) is 2.82. The van der Waals surface area contributed by atoms with Crippen LogP contribution in [0.1, 0.15) is 25.5 Å². The van der Waals surface area contributed by atoms with Crippen molar-refractivity contribution in [2.45, 2.75) is 26.0 Å². The molecule has 0 unspecified atom stereocenters. The van der Waals surface area contributed by atoms with Crippen LogP contribution in [-0.2, 0) is 14.3 Å². The van der Waals surface area contributed by atoms with Crippen LogP contribution < -0.4 is 5.32 Å². The lowest BCUT2D eigenvalue weighted by atomic mass is 10.0. The van der Waals surface area contributed by atoms with Gasteiger partial charge in [0.2, 0.25) is 5.91 Å². The summed E-state index contributed by atoms with van der Waals surface area (Å²) in [5.41, 5.74) is 8.75. The van der Waals surface area contributed by atoms with E-state index in [9.17, 15) is 19.7 Å². The molecule has 23 heavy (non-hydrogen) atoms. The highest BCUT2D eigenvalue weighted by molar-refractivity contribution is 5.73. The van der Waals surface area contributed by atoms with E-state index in [0.717, 1.165) is 0 Å². The number of nitro benzene ring substituents is 1. The number of benzene rings is 1. The Labute approximate surface area is 131 Å². The SMILES string of the molecule is CC(=O)N[C@H](CN=[N+]=[N-])[C@H](OC(C)=O)c1ccc([N+](=O)[O-])cc1. The molecule has 1 aromatic rings. The van der Waals surface area contributed by atoms with Crippen LogP contribution in [0.4, 0.5) is 5.69 Å². The van der Waals surface area contributed by atoms with E-state index in [1.54, 1.807) is 0 Å². The Bertz CT molecular complexity index is 635. The standard InChI is InChI=1S/C13H15N5O5/c1-8(19)16-12(7-15-17-14)13(23-9(2)20)10-3-5-11(6-4-10)18(21)22/h3-6,12-13H,7H2,1-2H3,(H,16,19)/t12-,13-/m1/s1. The summed E-state index contributed by atoms with van der Waals surface area (Å²) in [6.07, 6.45) is -0.942. The van der Waals surface area contributed by atoms with E-state index >= 15 is 0 Å². The fourth-order valence-electron chi connectivity index (χ4n) is 1.95. The first-order valence-corrected chi connectivity index (χ1v) is 6.54. The molecule has 1 N–H and O–H groups in total. The molecule has 0 fully saturated rings. The van der Waals surface area contributed by atoms with Crippen LogP contribution in [-0.4, -0.2) is 29.4 Å². The van der Waals surface area contributed by atoms with Crippen LogP contribution in [0.5, 0.6) is 0 Å². The lowest BCUT2D eigenvalue weighted by molar-refractivity contribution is -0.384. The molecule has 1 amide bonds. The molecule has 0 aliphatic carbocycles. The number of rotatable bonds is 7. The normalized spacial score (nSPS) is 12.4. The highest BCUT2D eigenvalue weighted by Gasteiger charge is 2.27. The smallest absolute Gasteiger partial charge is 0.303 e. The van der Waals surface area contributed by atoms with Gasteiger partial charge in [-0.1, -0.05) is 5.11 Å². The minimum absolute atomic E-state index is 0.124. The van der Waals surface area contributed by atoms with Gasteiger partial charge in [-0.2, -0.15) is 0 Å². The summed E-state index contributed by atoms with van der Waals surface area (Å²) in [5.74, 6) is -1.01. The summed E-state index contributed by atoms with van der Waals surface area (Å²) < 4.78 is 5.19. The van der Waals surface area contributed by atoms with Crippen molar-refractivity contribution >= 4 is 17.6 Å². The average molecular weight is 321 g/mol. The van der Waals surface area contributed by atoms with Gasteiger partial charge in [-0.25, -0.2) is 0 Å². The first-order valence-electron chi connectivity index (χ1n) is 6.54. The summed E-state index contributed by atoms with van der Waals surface area (Å²) in [5, 5.41) is 16.6. The number of nitrogens with one attached hydrogen (secondary N) is 1. The topological polar surface area (TPSA) is 147 Å². The van der Waals surface area contributed by atoms with Gasteiger partial charge < -0.3 is 10.1 Å². The zero-order chi connectivity index (χ0) is 17.4. The monoisotopic (exact) mass is 321 g/mol. The van der Waals surface area contributed by atoms with Gasteiger partial charge in [0.05, 0.1) is 17.5 Å². The molecule has 0 radical (unpaired) electrons. The van der Waals surface area contributed by atoms with Crippen molar-refractivity contribution in [1.82, 2.24) is 5.32 Å². The summed E-state index contributed by atoms with van der Waals surface area (Å²) in [7, 11) is 0. The van der Waals surface area contributed by atoms with E-state index in [0.29, 0.717) is 5.56 Å². The van der Waals surface area contributed by atoms with E-state index < -0.39 is 28.9 Å². The molecule has 1 aromatic carbocycles. The fourth-order valence-corrected chi connectivity index (χ4v) is 1.95. The number of non-ortho nitro benzene ring substituents is 1. The minimum atomic E-state index is -0.942. The largest absolute Gasteiger partial charge is 0.455 e. The van der Waals surface area contributed by atoms with E-state index in [2.05, 4.69) is 15.3 Å². The van der Waals surface area contributed by atoms with Crippen molar-refractivity contribution in [3.63, 3.8) is 0 Å².